The minimum atomic E-state index is -0.924. The van der Waals surface area contributed by atoms with Gasteiger partial charge in [-0.2, -0.15) is 0 Å². The molecule has 0 saturated carbocycles. The van der Waals surface area contributed by atoms with Crippen molar-refractivity contribution in [3.05, 3.63) is 63.5 Å². The molecule has 0 aromatic heterocycles. The van der Waals surface area contributed by atoms with E-state index in [1.807, 2.05) is 6.07 Å². The van der Waals surface area contributed by atoms with Crippen molar-refractivity contribution >= 4 is 56.6 Å². The molecule has 0 unspecified atom stereocenters. The zero-order valence-electron chi connectivity index (χ0n) is 13.9. The smallest absolute Gasteiger partial charge is 0.306 e. The van der Waals surface area contributed by atoms with E-state index in [1.54, 1.807) is 48.5 Å². The number of halogens is 1. The van der Waals surface area contributed by atoms with E-state index < -0.39 is 5.97 Å². The molecular formula is C19H14BrNO5S. The second kappa shape index (κ2) is 8.41. The Morgan fingerprint density at radius 1 is 1.15 bits per heavy atom. The maximum Gasteiger partial charge on any atom is 0.306 e. The lowest BCUT2D eigenvalue weighted by atomic mass is 10.2. The van der Waals surface area contributed by atoms with Crippen LogP contribution in [0.2, 0.25) is 0 Å². The van der Waals surface area contributed by atoms with E-state index >= 15 is 0 Å². The van der Waals surface area contributed by atoms with Gasteiger partial charge < -0.3 is 9.84 Å². The zero-order chi connectivity index (χ0) is 19.4. The van der Waals surface area contributed by atoms with Gasteiger partial charge in [-0.15, -0.1) is 0 Å². The Kier molecular flexibility index (Phi) is 5.98. The van der Waals surface area contributed by atoms with Gasteiger partial charge in [0.25, 0.3) is 11.1 Å². The third kappa shape index (κ3) is 4.58. The average molecular weight is 448 g/mol. The van der Waals surface area contributed by atoms with Crippen LogP contribution in [0.5, 0.6) is 5.75 Å². The van der Waals surface area contributed by atoms with Gasteiger partial charge in [-0.05, 0) is 63.6 Å². The molecule has 1 heterocycles. The van der Waals surface area contributed by atoms with Gasteiger partial charge in [-0.1, -0.05) is 24.3 Å². The minimum Gasteiger partial charge on any atom is -0.493 e. The summed E-state index contributed by atoms with van der Waals surface area (Å²) >= 11 is 4.24. The van der Waals surface area contributed by atoms with Crippen LogP contribution in [0.15, 0.2) is 57.9 Å². The summed E-state index contributed by atoms with van der Waals surface area (Å²) in [5.74, 6) is -0.763. The van der Waals surface area contributed by atoms with E-state index in [1.165, 1.54) is 0 Å². The van der Waals surface area contributed by atoms with Crippen molar-refractivity contribution in [2.24, 2.45) is 0 Å². The predicted molar refractivity (Wildman–Crippen MR) is 107 cm³/mol. The van der Waals surface area contributed by atoms with Crippen molar-refractivity contribution in [1.29, 1.82) is 0 Å². The maximum absolute atomic E-state index is 12.7. The van der Waals surface area contributed by atoms with Gasteiger partial charge in [0.05, 0.1) is 23.6 Å². The maximum atomic E-state index is 12.7. The summed E-state index contributed by atoms with van der Waals surface area (Å²) < 4.78 is 5.99. The molecule has 2 amide bonds. The van der Waals surface area contributed by atoms with Gasteiger partial charge in [-0.3, -0.25) is 14.4 Å². The first-order valence-corrected chi connectivity index (χ1v) is 9.54. The van der Waals surface area contributed by atoms with E-state index in [4.69, 9.17) is 9.84 Å². The first kappa shape index (κ1) is 19.2. The van der Waals surface area contributed by atoms with Crippen LogP contribution in [0.25, 0.3) is 6.08 Å². The molecular weight excluding hydrogens is 434 g/mol. The number of carboxylic acid groups (broad SMARTS) is 1. The number of aliphatic carboxylic acids is 1. The largest absolute Gasteiger partial charge is 0.493 e. The molecule has 0 aliphatic carbocycles. The molecule has 1 N–H and O–H groups in total. The third-order valence-electron chi connectivity index (χ3n) is 3.65. The molecule has 27 heavy (non-hydrogen) atoms. The van der Waals surface area contributed by atoms with Crippen LogP contribution >= 0.6 is 27.7 Å². The number of carbonyl (C=O) groups is 3. The fourth-order valence-corrected chi connectivity index (χ4v) is 3.67. The molecule has 1 aliphatic rings. The van der Waals surface area contributed by atoms with E-state index in [9.17, 15) is 14.4 Å². The van der Waals surface area contributed by atoms with Crippen molar-refractivity contribution in [2.75, 3.05) is 11.5 Å². The summed E-state index contributed by atoms with van der Waals surface area (Å²) in [5, 5.41) is 8.25. The van der Waals surface area contributed by atoms with Crippen LogP contribution in [0.3, 0.4) is 0 Å². The number of rotatable bonds is 6. The number of amides is 2. The summed E-state index contributed by atoms with van der Waals surface area (Å²) in [4.78, 5) is 36.9. The second-order valence-corrected chi connectivity index (χ2v) is 7.38. The molecule has 3 rings (SSSR count). The SMILES string of the molecule is O=C(O)CCOc1ccc(/C=C2/SC(=O)N(c3ccccc3Br)C2=O)cc1. The molecule has 6 nitrogen and oxygen atoms in total. The fourth-order valence-electron chi connectivity index (χ4n) is 2.38. The second-order valence-electron chi connectivity index (χ2n) is 5.53. The van der Waals surface area contributed by atoms with Gasteiger partial charge in [0.2, 0.25) is 0 Å². The van der Waals surface area contributed by atoms with Crippen LogP contribution in [0.1, 0.15) is 12.0 Å². The highest BCUT2D eigenvalue weighted by atomic mass is 79.9. The van der Waals surface area contributed by atoms with E-state index in [0.717, 1.165) is 22.2 Å². The predicted octanol–water partition coefficient (Wildman–Crippen LogP) is 4.54. The van der Waals surface area contributed by atoms with Crippen LogP contribution in [-0.4, -0.2) is 28.8 Å². The number of nitrogens with zero attached hydrogens (tertiary/aromatic N) is 1. The monoisotopic (exact) mass is 447 g/mol. The summed E-state index contributed by atoms with van der Waals surface area (Å²) in [7, 11) is 0. The van der Waals surface area contributed by atoms with Crippen LogP contribution in [0.4, 0.5) is 10.5 Å². The highest BCUT2D eigenvalue weighted by Crippen LogP contribution is 2.38. The minimum absolute atomic E-state index is 0.0794. The van der Waals surface area contributed by atoms with Crippen molar-refractivity contribution in [1.82, 2.24) is 0 Å². The number of para-hydroxylation sites is 1. The van der Waals surface area contributed by atoms with E-state index in [0.29, 0.717) is 20.8 Å². The summed E-state index contributed by atoms with van der Waals surface area (Å²) in [6.07, 6.45) is 1.56. The van der Waals surface area contributed by atoms with Crippen molar-refractivity contribution in [3.63, 3.8) is 0 Å². The van der Waals surface area contributed by atoms with Crippen molar-refractivity contribution < 1.29 is 24.2 Å². The molecule has 0 atom stereocenters. The normalized spacial score (nSPS) is 15.4. The number of thioether (sulfide) groups is 1. The standard InChI is InChI=1S/C19H14BrNO5S/c20-14-3-1-2-4-15(14)21-18(24)16(27-19(21)25)11-12-5-7-13(8-6-12)26-10-9-17(22)23/h1-8,11H,9-10H2,(H,22,23)/b16-11+. The van der Waals surface area contributed by atoms with Gasteiger partial charge in [0, 0.05) is 4.47 Å². The van der Waals surface area contributed by atoms with E-state index in [-0.39, 0.29) is 24.2 Å². The number of hydrogen-bond donors (Lipinski definition) is 1. The lowest BCUT2D eigenvalue weighted by Gasteiger charge is -2.13. The van der Waals surface area contributed by atoms with Gasteiger partial charge >= 0.3 is 5.97 Å². The number of carboxylic acids is 1. The Hall–Kier alpha value is -2.58. The lowest BCUT2D eigenvalue weighted by Crippen LogP contribution is -2.27. The molecule has 0 bridgehead atoms. The first-order chi connectivity index (χ1) is 13.0. The quantitative estimate of drug-likeness (QED) is 0.654. The molecule has 1 saturated heterocycles. The Morgan fingerprint density at radius 2 is 1.85 bits per heavy atom. The molecule has 2 aromatic carbocycles. The Bertz CT molecular complexity index is 926. The Labute approximate surface area is 167 Å². The molecule has 8 heteroatoms. The number of imide groups is 1. The van der Waals surface area contributed by atoms with Crippen molar-refractivity contribution in [3.8, 4) is 5.75 Å². The molecule has 0 spiro atoms. The number of ether oxygens (including phenoxy) is 1. The van der Waals surface area contributed by atoms with Gasteiger partial charge in [0.15, 0.2) is 0 Å². The zero-order valence-corrected chi connectivity index (χ0v) is 16.3. The molecule has 2 aromatic rings. The number of benzene rings is 2. The Balaban J connectivity index is 1.74. The average Bonchev–Trinajstić information content (AvgIpc) is 2.90. The number of carbonyl (C=O) groups excluding carboxylic acids is 2. The van der Waals surface area contributed by atoms with Crippen LogP contribution in [0, 0.1) is 0 Å². The highest BCUT2D eigenvalue weighted by molar-refractivity contribution is 9.10. The Morgan fingerprint density at radius 3 is 2.52 bits per heavy atom. The topological polar surface area (TPSA) is 83.9 Å². The number of hydrogen-bond acceptors (Lipinski definition) is 5. The van der Waals surface area contributed by atoms with Crippen LogP contribution < -0.4 is 9.64 Å². The van der Waals surface area contributed by atoms with E-state index in [2.05, 4.69) is 15.9 Å². The lowest BCUT2D eigenvalue weighted by molar-refractivity contribution is -0.137. The van der Waals surface area contributed by atoms with Gasteiger partial charge in [0.1, 0.15) is 5.75 Å². The summed E-state index contributed by atoms with van der Waals surface area (Å²) in [5.41, 5.74) is 1.24. The summed E-state index contributed by atoms with van der Waals surface area (Å²) in [6, 6.07) is 13.9. The fraction of sp³-hybridized carbons (Fsp3) is 0.105. The number of anilines is 1. The highest BCUT2D eigenvalue weighted by Gasteiger charge is 2.37. The third-order valence-corrected chi connectivity index (χ3v) is 5.19. The molecule has 1 fully saturated rings. The summed E-state index contributed by atoms with van der Waals surface area (Å²) in [6.45, 7) is 0.0829. The molecule has 138 valence electrons. The molecule has 0 radical (unpaired) electrons. The van der Waals surface area contributed by atoms with Gasteiger partial charge in [-0.25, -0.2) is 4.90 Å². The molecule has 1 aliphatic heterocycles. The van der Waals surface area contributed by atoms with Crippen molar-refractivity contribution in [2.45, 2.75) is 6.42 Å². The first-order valence-electron chi connectivity index (χ1n) is 7.93. The van der Waals surface area contributed by atoms with Crippen LogP contribution in [-0.2, 0) is 9.59 Å².